The van der Waals surface area contributed by atoms with Crippen LogP contribution in [0, 0.1) is 0 Å². The molecule has 0 radical (unpaired) electrons. The van der Waals surface area contributed by atoms with Crippen molar-refractivity contribution in [1.29, 1.82) is 0 Å². The fourth-order valence-corrected chi connectivity index (χ4v) is 4.84. The van der Waals surface area contributed by atoms with E-state index >= 15 is 0 Å². The van der Waals surface area contributed by atoms with E-state index in [-0.39, 0.29) is 24.1 Å². The van der Waals surface area contributed by atoms with Crippen LogP contribution >= 0.6 is 0 Å². The van der Waals surface area contributed by atoms with Gasteiger partial charge < -0.3 is 19.1 Å². The Bertz CT molecular complexity index is 919. The molecule has 0 spiro atoms. The van der Waals surface area contributed by atoms with Crippen molar-refractivity contribution in [2.45, 2.75) is 38.0 Å². The molecular formula is C25H30N2O4. The van der Waals surface area contributed by atoms with Crippen LogP contribution in [0.25, 0.3) is 0 Å². The van der Waals surface area contributed by atoms with Crippen LogP contribution in [0.1, 0.15) is 43.0 Å². The molecule has 0 aromatic heterocycles. The lowest BCUT2D eigenvalue weighted by Crippen LogP contribution is -2.49. The predicted molar refractivity (Wildman–Crippen MR) is 117 cm³/mol. The van der Waals surface area contributed by atoms with Crippen molar-refractivity contribution in [3.8, 4) is 11.5 Å². The fraction of sp³-hybridized carbons (Fsp3) is 0.480. The summed E-state index contributed by atoms with van der Waals surface area (Å²) in [5.41, 5.74) is 2.30. The zero-order valence-electron chi connectivity index (χ0n) is 18.0. The van der Waals surface area contributed by atoms with Crippen LogP contribution in [0.5, 0.6) is 11.5 Å². The summed E-state index contributed by atoms with van der Waals surface area (Å²) in [5, 5.41) is 0. The Morgan fingerprint density at radius 2 is 1.84 bits per heavy atom. The average molecular weight is 423 g/mol. The zero-order valence-corrected chi connectivity index (χ0v) is 18.0. The summed E-state index contributed by atoms with van der Waals surface area (Å²) in [7, 11) is 0. The maximum atomic E-state index is 13.4. The molecule has 1 amide bonds. The topological polar surface area (TPSA) is 51.2 Å². The van der Waals surface area contributed by atoms with E-state index in [4.69, 9.17) is 14.2 Å². The highest BCUT2D eigenvalue weighted by molar-refractivity contribution is 5.79. The molecular weight excluding hydrogens is 392 g/mol. The molecule has 6 nitrogen and oxygen atoms in total. The number of morpholine rings is 1. The van der Waals surface area contributed by atoms with Gasteiger partial charge in [-0.2, -0.15) is 0 Å². The lowest BCUT2D eigenvalue weighted by Gasteiger charge is -2.39. The van der Waals surface area contributed by atoms with Crippen molar-refractivity contribution < 1.29 is 19.0 Å². The van der Waals surface area contributed by atoms with Crippen LogP contribution in [0.2, 0.25) is 0 Å². The molecule has 164 valence electrons. The van der Waals surface area contributed by atoms with Crippen molar-refractivity contribution in [2.24, 2.45) is 0 Å². The molecule has 2 fully saturated rings. The summed E-state index contributed by atoms with van der Waals surface area (Å²) in [4.78, 5) is 17.7. The molecule has 5 rings (SSSR count). The number of hydrogen-bond acceptors (Lipinski definition) is 5. The van der Waals surface area contributed by atoms with Gasteiger partial charge in [0.1, 0.15) is 13.2 Å². The Labute approximate surface area is 183 Å². The van der Waals surface area contributed by atoms with Crippen LogP contribution in [0.4, 0.5) is 0 Å². The second-order valence-electron chi connectivity index (χ2n) is 8.66. The van der Waals surface area contributed by atoms with Crippen LogP contribution in [-0.4, -0.2) is 61.2 Å². The van der Waals surface area contributed by atoms with Crippen molar-refractivity contribution in [3.63, 3.8) is 0 Å². The largest absolute Gasteiger partial charge is 0.486 e. The van der Waals surface area contributed by atoms with E-state index in [1.165, 1.54) is 5.56 Å². The summed E-state index contributed by atoms with van der Waals surface area (Å²) in [5.74, 6) is 1.77. The first kappa shape index (κ1) is 20.3. The highest BCUT2D eigenvalue weighted by Crippen LogP contribution is 2.38. The number of carbonyl (C=O) groups excluding carboxylic acids is 1. The number of benzene rings is 2. The van der Waals surface area contributed by atoms with Gasteiger partial charge in [0.2, 0.25) is 5.91 Å². The lowest BCUT2D eigenvalue weighted by atomic mass is 10.0. The third-order valence-electron chi connectivity index (χ3n) is 6.60. The second-order valence-corrected chi connectivity index (χ2v) is 8.66. The number of hydrogen-bond donors (Lipinski definition) is 0. The quantitative estimate of drug-likeness (QED) is 0.754. The van der Waals surface area contributed by atoms with Crippen molar-refractivity contribution >= 4 is 5.91 Å². The van der Waals surface area contributed by atoms with Crippen LogP contribution < -0.4 is 9.47 Å². The smallest absolute Gasteiger partial charge is 0.237 e. The molecule has 0 bridgehead atoms. The molecule has 0 saturated carbocycles. The van der Waals surface area contributed by atoms with Gasteiger partial charge >= 0.3 is 0 Å². The first-order valence-electron chi connectivity index (χ1n) is 11.3. The average Bonchev–Trinajstić information content (AvgIpc) is 3.31. The van der Waals surface area contributed by atoms with Gasteiger partial charge in [0.15, 0.2) is 11.5 Å². The monoisotopic (exact) mass is 422 g/mol. The van der Waals surface area contributed by atoms with Crippen LogP contribution in [-0.2, 0) is 9.53 Å². The Morgan fingerprint density at radius 3 is 2.68 bits per heavy atom. The minimum atomic E-state index is 0.0115. The van der Waals surface area contributed by atoms with E-state index in [0.29, 0.717) is 26.4 Å². The van der Waals surface area contributed by atoms with E-state index in [1.54, 1.807) is 0 Å². The molecule has 2 aromatic rings. The second kappa shape index (κ2) is 8.89. The summed E-state index contributed by atoms with van der Waals surface area (Å²) in [6.07, 6.45) is 2.02. The van der Waals surface area contributed by atoms with E-state index in [1.807, 2.05) is 35.2 Å². The number of carbonyl (C=O) groups is 1. The van der Waals surface area contributed by atoms with Gasteiger partial charge in [-0.1, -0.05) is 36.4 Å². The number of nitrogens with zero attached hydrogens (tertiary/aromatic N) is 2. The highest BCUT2D eigenvalue weighted by atomic mass is 16.6. The molecule has 0 N–H and O–H groups in total. The fourth-order valence-electron chi connectivity index (χ4n) is 4.84. The Balaban J connectivity index is 1.28. The summed E-state index contributed by atoms with van der Waals surface area (Å²) in [6, 6.07) is 16.7. The van der Waals surface area contributed by atoms with Gasteiger partial charge in [0.25, 0.3) is 0 Å². The van der Waals surface area contributed by atoms with Crippen molar-refractivity contribution in [1.82, 2.24) is 9.80 Å². The number of ether oxygens (including phenoxy) is 3. The van der Waals surface area contributed by atoms with Gasteiger partial charge in [-0.25, -0.2) is 0 Å². The van der Waals surface area contributed by atoms with Gasteiger partial charge in [0.05, 0.1) is 25.3 Å². The van der Waals surface area contributed by atoms with Crippen LogP contribution in [0.15, 0.2) is 48.5 Å². The van der Waals surface area contributed by atoms with Gasteiger partial charge in [-0.05, 0) is 43.0 Å². The minimum absolute atomic E-state index is 0.0115. The number of likely N-dealkylation sites (tertiary alicyclic amines) is 1. The molecule has 6 heteroatoms. The first-order chi connectivity index (χ1) is 15.2. The molecule has 0 aliphatic carbocycles. The molecule has 3 aliphatic rings. The third kappa shape index (κ3) is 4.27. The molecule has 2 aromatic carbocycles. The summed E-state index contributed by atoms with van der Waals surface area (Å²) >= 11 is 0. The van der Waals surface area contributed by atoms with Gasteiger partial charge in [-0.15, -0.1) is 0 Å². The normalized spacial score (nSPS) is 26.1. The van der Waals surface area contributed by atoms with E-state index in [0.717, 1.165) is 43.0 Å². The van der Waals surface area contributed by atoms with Crippen LogP contribution in [0.3, 0.4) is 0 Å². The summed E-state index contributed by atoms with van der Waals surface area (Å²) in [6.45, 7) is 5.89. The molecule has 3 unspecified atom stereocenters. The van der Waals surface area contributed by atoms with E-state index in [2.05, 4.69) is 30.0 Å². The van der Waals surface area contributed by atoms with Gasteiger partial charge in [-0.3, -0.25) is 9.69 Å². The predicted octanol–water partition coefficient (Wildman–Crippen LogP) is 3.58. The lowest BCUT2D eigenvalue weighted by molar-refractivity contribution is -0.137. The molecule has 31 heavy (non-hydrogen) atoms. The van der Waals surface area contributed by atoms with Gasteiger partial charge in [0, 0.05) is 19.1 Å². The standard InChI is InChI=1S/C25H30N2O4/c1-18-17-31-24(19-6-3-2-4-7-19)15-26(18)16-25(28)27-11-5-8-21(27)20-9-10-22-23(14-20)30-13-12-29-22/h2-4,6-7,9-10,14,18,21,24H,5,8,11-13,15-17H2,1H3. The van der Waals surface area contributed by atoms with E-state index < -0.39 is 0 Å². The number of rotatable bonds is 4. The Morgan fingerprint density at radius 1 is 1.03 bits per heavy atom. The van der Waals surface area contributed by atoms with E-state index in [9.17, 15) is 4.79 Å². The maximum Gasteiger partial charge on any atom is 0.237 e. The Hall–Kier alpha value is -2.57. The Kier molecular flexibility index (Phi) is 5.83. The molecule has 3 heterocycles. The van der Waals surface area contributed by atoms with Crippen molar-refractivity contribution in [2.75, 3.05) is 39.5 Å². The summed E-state index contributed by atoms with van der Waals surface area (Å²) < 4.78 is 17.5. The SMILES string of the molecule is CC1COC(c2ccccc2)CN1CC(=O)N1CCCC1c1ccc2c(c1)OCCO2. The third-order valence-corrected chi connectivity index (χ3v) is 6.60. The number of fused-ring (bicyclic) bond motifs is 1. The molecule has 2 saturated heterocycles. The highest BCUT2D eigenvalue weighted by Gasteiger charge is 2.34. The molecule has 3 aliphatic heterocycles. The minimum Gasteiger partial charge on any atom is -0.486 e. The van der Waals surface area contributed by atoms with Crippen molar-refractivity contribution in [3.05, 3.63) is 59.7 Å². The molecule has 3 atom stereocenters. The zero-order chi connectivity index (χ0) is 21.2. The first-order valence-corrected chi connectivity index (χ1v) is 11.3. The maximum absolute atomic E-state index is 13.4. The number of amides is 1.